The topological polar surface area (TPSA) is 78.8 Å². The second-order valence-corrected chi connectivity index (χ2v) is 4.34. The molecule has 0 heterocycles. The number of carbonyl (C=O) groups excluding carboxylic acids is 1. The number of carboxylic acids is 1. The molecular weight excluding hydrogens is 256 g/mol. The van der Waals surface area contributed by atoms with E-state index in [-0.39, 0.29) is 11.6 Å². The molecular formula is C12H13ClN2O3. The molecule has 0 radical (unpaired) electrons. The van der Waals surface area contributed by atoms with Crippen molar-refractivity contribution in [1.29, 1.82) is 0 Å². The number of amides is 1. The smallest absolute Gasteiger partial charge is 0.352 e. The average molecular weight is 269 g/mol. The van der Waals surface area contributed by atoms with E-state index in [4.69, 9.17) is 16.7 Å². The zero-order valence-corrected chi connectivity index (χ0v) is 10.7. The van der Waals surface area contributed by atoms with Crippen molar-refractivity contribution in [1.82, 2.24) is 5.43 Å². The Kier molecular flexibility index (Phi) is 4.85. The molecule has 1 rings (SSSR count). The second-order valence-electron chi connectivity index (χ2n) is 3.90. The van der Waals surface area contributed by atoms with E-state index in [9.17, 15) is 9.59 Å². The van der Waals surface area contributed by atoms with Gasteiger partial charge in [-0.2, -0.15) is 5.10 Å². The molecule has 0 saturated heterocycles. The normalized spacial score (nSPS) is 11.4. The molecule has 0 unspecified atom stereocenters. The molecule has 0 bridgehead atoms. The Morgan fingerprint density at radius 3 is 2.28 bits per heavy atom. The van der Waals surface area contributed by atoms with Crippen molar-refractivity contribution in [3.63, 3.8) is 0 Å². The summed E-state index contributed by atoms with van der Waals surface area (Å²) in [7, 11) is 0. The molecule has 6 heteroatoms. The number of nitrogens with one attached hydrogen (secondary N) is 1. The molecule has 0 aliphatic carbocycles. The molecule has 1 aromatic carbocycles. The molecule has 5 nitrogen and oxygen atoms in total. The highest BCUT2D eigenvalue weighted by molar-refractivity contribution is 6.36. The van der Waals surface area contributed by atoms with Crippen LogP contribution in [0, 0.1) is 5.92 Å². The Morgan fingerprint density at radius 2 is 1.83 bits per heavy atom. The van der Waals surface area contributed by atoms with E-state index in [0.29, 0.717) is 10.6 Å². The van der Waals surface area contributed by atoms with Gasteiger partial charge >= 0.3 is 5.97 Å². The van der Waals surface area contributed by atoms with E-state index in [1.807, 2.05) is 0 Å². The van der Waals surface area contributed by atoms with Crippen LogP contribution < -0.4 is 5.43 Å². The first-order chi connectivity index (χ1) is 8.41. The fourth-order valence-corrected chi connectivity index (χ4v) is 1.33. The SMILES string of the molecule is CC(C)/C(=N/NC(=O)c1ccc(Cl)cc1)C(=O)O. The molecule has 0 atom stereocenters. The fraction of sp³-hybridized carbons (Fsp3) is 0.250. The maximum absolute atomic E-state index is 11.7. The van der Waals surface area contributed by atoms with Gasteiger partial charge in [-0.15, -0.1) is 0 Å². The summed E-state index contributed by atoms with van der Waals surface area (Å²) < 4.78 is 0. The van der Waals surface area contributed by atoms with Crippen molar-refractivity contribution < 1.29 is 14.7 Å². The number of aliphatic carboxylic acids is 1. The van der Waals surface area contributed by atoms with Gasteiger partial charge in [0, 0.05) is 16.5 Å². The highest BCUT2D eigenvalue weighted by Crippen LogP contribution is 2.09. The van der Waals surface area contributed by atoms with Gasteiger partial charge in [0.25, 0.3) is 5.91 Å². The molecule has 0 fully saturated rings. The van der Waals surface area contributed by atoms with Crippen molar-refractivity contribution in [3.8, 4) is 0 Å². The molecule has 96 valence electrons. The van der Waals surface area contributed by atoms with E-state index in [1.165, 1.54) is 12.1 Å². The number of carboxylic acid groups (broad SMARTS) is 1. The summed E-state index contributed by atoms with van der Waals surface area (Å²) in [5.74, 6) is -1.92. The first-order valence-electron chi connectivity index (χ1n) is 5.28. The number of hydrogen-bond donors (Lipinski definition) is 2. The summed E-state index contributed by atoms with van der Waals surface area (Å²) in [5.41, 5.74) is 2.46. The summed E-state index contributed by atoms with van der Waals surface area (Å²) in [6.45, 7) is 3.36. The molecule has 0 spiro atoms. The Labute approximate surface area is 109 Å². The second kappa shape index (κ2) is 6.16. The standard InChI is InChI=1S/C12H13ClN2O3/c1-7(2)10(12(17)18)14-15-11(16)8-3-5-9(13)6-4-8/h3-7H,1-2H3,(H,15,16)(H,17,18)/b14-10-. The lowest BCUT2D eigenvalue weighted by Crippen LogP contribution is -2.26. The molecule has 0 aliphatic rings. The van der Waals surface area contributed by atoms with Gasteiger partial charge in [0.1, 0.15) is 5.71 Å². The Balaban J connectivity index is 2.79. The van der Waals surface area contributed by atoms with Crippen LogP contribution in [0.2, 0.25) is 5.02 Å². The third kappa shape index (κ3) is 3.85. The minimum absolute atomic E-state index is 0.0997. The monoisotopic (exact) mass is 268 g/mol. The highest BCUT2D eigenvalue weighted by Gasteiger charge is 2.14. The first kappa shape index (κ1) is 14.2. The van der Waals surface area contributed by atoms with E-state index in [0.717, 1.165) is 0 Å². The number of benzene rings is 1. The molecule has 1 amide bonds. The van der Waals surface area contributed by atoms with Gasteiger partial charge in [-0.1, -0.05) is 25.4 Å². The highest BCUT2D eigenvalue weighted by atomic mass is 35.5. The number of hydrazone groups is 1. The van der Waals surface area contributed by atoms with Crippen LogP contribution in [0.4, 0.5) is 0 Å². The molecule has 0 aliphatic heterocycles. The van der Waals surface area contributed by atoms with E-state index in [1.54, 1.807) is 26.0 Å². The van der Waals surface area contributed by atoms with Crippen LogP contribution in [-0.4, -0.2) is 22.7 Å². The summed E-state index contributed by atoms with van der Waals surface area (Å²) in [6, 6.07) is 6.20. The van der Waals surface area contributed by atoms with Crippen LogP contribution in [0.15, 0.2) is 29.4 Å². The number of carbonyl (C=O) groups is 2. The van der Waals surface area contributed by atoms with Gasteiger partial charge in [0.15, 0.2) is 0 Å². The average Bonchev–Trinajstić information content (AvgIpc) is 2.28. The minimum atomic E-state index is -1.15. The number of hydrogen-bond acceptors (Lipinski definition) is 3. The number of halogens is 1. The van der Waals surface area contributed by atoms with Crippen molar-refractivity contribution in [3.05, 3.63) is 34.9 Å². The molecule has 0 saturated carbocycles. The van der Waals surface area contributed by atoms with Gasteiger partial charge in [-0.25, -0.2) is 10.2 Å². The predicted octanol–water partition coefficient (Wildman–Crippen LogP) is 2.17. The number of nitrogens with zero attached hydrogens (tertiary/aromatic N) is 1. The van der Waals surface area contributed by atoms with Crippen molar-refractivity contribution in [2.45, 2.75) is 13.8 Å². The third-order valence-corrected chi connectivity index (χ3v) is 2.40. The van der Waals surface area contributed by atoms with Crippen LogP contribution >= 0.6 is 11.6 Å². The van der Waals surface area contributed by atoms with Gasteiger partial charge in [-0.05, 0) is 24.3 Å². The summed E-state index contributed by atoms with van der Waals surface area (Å²) in [6.07, 6.45) is 0. The zero-order chi connectivity index (χ0) is 13.7. The van der Waals surface area contributed by atoms with Crippen molar-refractivity contribution in [2.24, 2.45) is 11.0 Å². The molecule has 2 N–H and O–H groups in total. The maximum Gasteiger partial charge on any atom is 0.352 e. The minimum Gasteiger partial charge on any atom is -0.477 e. The summed E-state index contributed by atoms with van der Waals surface area (Å²) in [5, 5.41) is 13.0. The van der Waals surface area contributed by atoms with E-state index >= 15 is 0 Å². The lowest BCUT2D eigenvalue weighted by atomic mass is 10.1. The summed E-state index contributed by atoms with van der Waals surface area (Å²) >= 11 is 5.69. The fourth-order valence-electron chi connectivity index (χ4n) is 1.20. The van der Waals surface area contributed by atoms with Gasteiger partial charge < -0.3 is 5.11 Å². The Bertz CT molecular complexity index is 481. The zero-order valence-electron chi connectivity index (χ0n) is 9.98. The molecule has 18 heavy (non-hydrogen) atoms. The molecule has 0 aromatic heterocycles. The van der Waals surface area contributed by atoms with Crippen LogP contribution in [-0.2, 0) is 4.79 Å². The Hall–Kier alpha value is -1.88. The maximum atomic E-state index is 11.7. The van der Waals surface area contributed by atoms with Crippen LogP contribution in [0.5, 0.6) is 0 Å². The third-order valence-electron chi connectivity index (χ3n) is 2.15. The predicted molar refractivity (Wildman–Crippen MR) is 68.8 cm³/mol. The lowest BCUT2D eigenvalue weighted by molar-refractivity contribution is -0.129. The van der Waals surface area contributed by atoms with Crippen LogP contribution in [0.3, 0.4) is 0 Å². The number of rotatable bonds is 4. The quantitative estimate of drug-likeness (QED) is 0.649. The van der Waals surface area contributed by atoms with Gasteiger partial charge in [0.05, 0.1) is 0 Å². The van der Waals surface area contributed by atoms with Crippen molar-refractivity contribution in [2.75, 3.05) is 0 Å². The first-order valence-corrected chi connectivity index (χ1v) is 5.66. The lowest BCUT2D eigenvalue weighted by Gasteiger charge is -2.05. The Morgan fingerprint density at radius 1 is 1.28 bits per heavy atom. The summed E-state index contributed by atoms with van der Waals surface area (Å²) in [4.78, 5) is 22.5. The van der Waals surface area contributed by atoms with Crippen LogP contribution in [0.1, 0.15) is 24.2 Å². The van der Waals surface area contributed by atoms with Gasteiger partial charge in [0.2, 0.25) is 0 Å². The van der Waals surface area contributed by atoms with E-state index < -0.39 is 11.9 Å². The van der Waals surface area contributed by atoms with Crippen molar-refractivity contribution >= 4 is 29.2 Å². The van der Waals surface area contributed by atoms with Gasteiger partial charge in [-0.3, -0.25) is 4.79 Å². The largest absolute Gasteiger partial charge is 0.477 e. The van der Waals surface area contributed by atoms with E-state index in [2.05, 4.69) is 10.5 Å². The molecule has 1 aromatic rings. The van der Waals surface area contributed by atoms with Crippen LogP contribution in [0.25, 0.3) is 0 Å².